The topological polar surface area (TPSA) is 69.6 Å². The SMILES string of the molecule is CC1CCN1c1nc2c(c(C(F)(F)F)n1)CCN2C1CCC(CC(=O)O)C1. The zero-order valence-electron chi connectivity index (χ0n) is 15.2. The van der Waals surface area contributed by atoms with Gasteiger partial charge in [-0.15, -0.1) is 0 Å². The van der Waals surface area contributed by atoms with Crippen molar-refractivity contribution in [2.24, 2.45) is 5.92 Å². The van der Waals surface area contributed by atoms with Crippen molar-refractivity contribution in [3.63, 3.8) is 0 Å². The Kier molecular flexibility index (Phi) is 4.43. The van der Waals surface area contributed by atoms with Crippen molar-refractivity contribution in [3.05, 3.63) is 11.3 Å². The van der Waals surface area contributed by atoms with Gasteiger partial charge in [0.1, 0.15) is 5.82 Å². The van der Waals surface area contributed by atoms with Crippen LogP contribution in [0.5, 0.6) is 0 Å². The van der Waals surface area contributed by atoms with Crippen molar-refractivity contribution in [1.29, 1.82) is 0 Å². The fourth-order valence-corrected chi connectivity index (χ4v) is 4.56. The summed E-state index contributed by atoms with van der Waals surface area (Å²) in [5.41, 5.74) is -0.634. The standard InChI is InChI=1S/C18H23F3N4O2/c1-10-4-6-24(10)17-22-15(18(19,20)21)13-5-7-25(16(13)23-17)12-3-2-11(8-12)9-14(26)27/h10-12H,2-9H2,1H3,(H,26,27). The van der Waals surface area contributed by atoms with Crippen molar-refractivity contribution >= 4 is 17.7 Å². The van der Waals surface area contributed by atoms with Gasteiger partial charge < -0.3 is 14.9 Å². The zero-order valence-corrected chi connectivity index (χ0v) is 15.2. The summed E-state index contributed by atoms with van der Waals surface area (Å²) >= 11 is 0. The normalized spacial score (nSPS) is 27.6. The summed E-state index contributed by atoms with van der Waals surface area (Å²) in [6, 6.07) is 0.193. The molecule has 3 unspecified atom stereocenters. The van der Waals surface area contributed by atoms with E-state index >= 15 is 0 Å². The molecule has 148 valence electrons. The molecule has 1 saturated heterocycles. The van der Waals surface area contributed by atoms with Crippen molar-refractivity contribution in [2.75, 3.05) is 22.9 Å². The first-order valence-corrected chi connectivity index (χ1v) is 9.47. The number of carboxylic acids is 1. The molecule has 1 aliphatic carbocycles. The highest BCUT2D eigenvalue weighted by Gasteiger charge is 2.43. The minimum atomic E-state index is -4.51. The zero-order chi connectivity index (χ0) is 19.3. The molecule has 9 heteroatoms. The van der Waals surface area contributed by atoms with Crippen LogP contribution in [0.2, 0.25) is 0 Å². The van der Waals surface area contributed by atoms with Crippen LogP contribution in [0.4, 0.5) is 24.9 Å². The Labute approximate surface area is 155 Å². The Morgan fingerprint density at radius 2 is 1.96 bits per heavy atom. The number of hydrogen-bond acceptors (Lipinski definition) is 5. The summed E-state index contributed by atoms with van der Waals surface area (Å²) in [7, 11) is 0. The van der Waals surface area contributed by atoms with Gasteiger partial charge in [0.25, 0.3) is 0 Å². The van der Waals surface area contributed by atoms with Crippen LogP contribution >= 0.6 is 0 Å². The van der Waals surface area contributed by atoms with E-state index in [1.165, 1.54) is 0 Å². The van der Waals surface area contributed by atoms with Crippen molar-refractivity contribution in [1.82, 2.24) is 9.97 Å². The van der Waals surface area contributed by atoms with E-state index in [2.05, 4.69) is 9.97 Å². The predicted octanol–water partition coefficient (Wildman–Crippen LogP) is 3.10. The molecule has 0 bridgehead atoms. The molecule has 3 atom stereocenters. The first-order valence-electron chi connectivity index (χ1n) is 9.47. The number of fused-ring (bicyclic) bond motifs is 1. The molecule has 0 radical (unpaired) electrons. The first-order chi connectivity index (χ1) is 12.7. The second-order valence-electron chi connectivity index (χ2n) is 7.88. The van der Waals surface area contributed by atoms with Gasteiger partial charge in [0, 0.05) is 37.2 Å². The minimum absolute atomic E-state index is 0.0493. The van der Waals surface area contributed by atoms with Crippen molar-refractivity contribution in [2.45, 2.75) is 63.7 Å². The van der Waals surface area contributed by atoms with Gasteiger partial charge in [-0.05, 0) is 44.9 Å². The monoisotopic (exact) mass is 384 g/mol. The Hall–Kier alpha value is -2.06. The number of anilines is 2. The van der Waals surface area contributed by atoms with E-state index in [9.17, 15) is 18.0 Å². The molecule has 0 spiro atoms. The van der Waals surface area contributed by atoms with E-state index in [0.29, 0.717) is 25.3 Å². The molecule has 2 aliphatic heterocycles. The number of halogens is 3. The summed E-state index contributed by atoms with van der Waals surface area (Å²) in [6.45, 7) is 3.11. The second-order valence-corrected chi connectivity index (χ2v) is 7.88. The molecule has 1 N–H and O–H groups in total. The third-order valence-corrected chi connectivity index (χ3v) is 6.11. The highest BCUT2D eigenvalue weighted by Crippen LogP contribution is 2.43. The molecular weight excluding hydrogens is 361 g/mol. The summed E-state index contributed by atoms with van der Waals surface area (Å²) < 4.78 is 40.9. The molecule has 2 fully saturated rings. The van der Waals surface area contributed by atoms with E-state index in [4.69, 9.17) is 5.11 Å². The lowest BCUT2D eigenvalue weighted by Gasteiger charge is -2.39. The molecule has 3 heterocycles. The average molecular weight is 384 g/mol. The van der Waals surface area contributed by atoms with Crippen LogP contribution in [0.15, 0.2) is 0 Å². The quantitative estimate of drug-likeness (QED) is 0.860. The largest absolute Gasteiger partial charge is 0.481 e. The van der Waals surface area contributed by atoms with Gasteiger partial charge in [0.2, 0.25) is 5.95 Å². The maximum atomic E-state index is 13.6. The number of alkyl halides is 3. The number of nitrogens with zero attached hydrogens (tertiary/aromatic N) is 4. The number of hydrogen-bond donors (Lipinski definition) is 1. The lowest BCUT2D eigenvalue weighted by Crippen LogP contribution is -2.47. The maximum absolute atomic E-state index is 13.6. The Bertz CT molecular complexity index is 755. The highest BCUT2D eigenvalue weighted by molar-refractivity contribution is 5.67. The lowest BCUT2D eigenvalue weighted by atomic mass is 10.0. The molecule has 6 nitrogen and oxygen atoms in total. The van der Waals surface area contributed by atoms with Crippen molar-refractivity contribution in [3.8, 4) is 0 Å². The molecule has 0 amide bonds. The number of aliphatic carboxylic acids is 1. The number of carbonyl (C=O) groups is 1. The summed E-state index contributed by atoms with van der Waals surface area (Å²) in [6.07, 6.45) is -0.926. The van der Waals surface area contributed by atoms with Gasteiger partial charge >= 0.3 is 12.1 Å². The highest BCUT2D eigenvalue weighted by atomic mass is 19.4. The van der Waals surface area contributed by atoms with Crippen LogP contribution in [-0.4, -0.2) is 46.2 Å². The Morgan fingerprint density at radius 1 is 1.19 bits per heavy atom. The fourth-order valence-electron chi connectivity index (χ4n) is 4.56. The maximum Gasteiger partial charge on any atom is 0.433 e. The van der Waals surface area contributed by atoms with Crippen molar-refractivity contribution < 1.29 is 23.1 Å². The number of rotatable bonds is 4. The van der Waals surface area contributed by atoms with Gasteiger partial charge in [0.05, 0.1) is 0 Å². The van der Waals surface area contributed by atoms with E-state index in [-0.39, 0.29) is 42.4 Å². The summed E-state index contributed by atoms with van der Waals surface area (Å²) in [4.78, 5) is 23.2. The van der Waals surface area contributed by atoms with E-state index < -0.39 is 17.8 Å². The molecular formula is C18H23F3N4O2. The summed E-state index contributed by atoms with van der Waals surface area (Å²) in [5, 5.41) is 9.00. The number of carboxylic acid groups (broad SMARTS) is 1. The third kappa shape index (κ3) is 3.32. The minimum Gasteiger partial charge on any atom is -0.481 e. The Morgan fingerprint density at radius 3 is 2.56 bits per heavy atom. The van der Waals surface area contributed by atoms with Crippen LogP contribution in [0, 0.1) is 5.92 Å². The van der Waals surface area contributed by atoms with E-state index in [1.54, 1.807) is 0 Å². The molecule has 27 heavy (non-hydrogen) atoms. The molecule has 1 aromatic heterocycles. The first kappa shape index (κ1) is 18.3. The average Bonchev–Trinajstić information content (AvgIpc) is 3.17. The lowest BCUT2D eigenvalue weighted by molar-refractivity contribution is -0.141. The molecule has 3 aliphatic rings. The van der Waals surface area contributed by atoms with Gasteiger partial charge in [-0.2, -0.15) is 18.2 Å². The number of aromatic nitrogens is 2. The van der Waals surface area contributed by atoms with Crippen LogP contribution < -0.4 is 9.80 Å². The molecule has 1 saturated carbocycles. The predicted molar refractivity (Wildman–Crippen MR) is 92.9 cm³/mol. The molecule has 0 aromatic carbocycles. The van der Waals surface area contributed by atoms with Gasteiger partial charge in [0.15, 0.2) is 5.69 Å². The third-order valence-electron chi connectivity index (χ3n) is 6.11. The Balaban J connectivity index is 1.65. The van der Waals surface area contributed by atoms with Crippen LogP contribution in [0.1, 0.15) is 50.3 Å². The van der Waals surface area contributed by atoms with Crippen LogP contribution in [-0.2, 0) is 17.4 Å². The fraction of sp³-hybridized carbons (Fsp3) is 0.722. The van der Waals surface area contributed by atoms with Gasteiger partial charge in [-0.1, -0.05) is 0 Å². The summed E-state index contributed by atoms with van der Waals surface area (Å²) in [5.74, 6) is -0.187. The smallest absolute Gasteiger partial charge is 0.433 e. The van der Waals surface area contributed by atoms with Crippen LogP contribution in [0.25, 0.3) is 0 Å². The molecule has 1 aromatic rings. The molecule has 4 rings (SSSR count). The van der Waals surface area contributed by atoms with Gasteiger partial charge in [-0.3, -0.25) is 4.79 Å². The van der Waals surface area contributed by atoms with E-state index in [1.807, 2.05) is 16.7 Å². The van der Waals surface area contributed by atoms with Crippen LogP contribution in [0.3, 0.4) is 0 Å². The van der Waals surface area contributed by atoms with Gasteiger partial charge in [-0.25, -0.2) is 4.98 Å². The second kappa shape index (κ2) is 6.53. The van der Waals surface area contributed by atoms with E-state index in [0.717, 1.165) is 19.3 Å².